The minimum atomic E-state index is 0.343. The minimum Gasteiger partial charge on any atom is -0.102 e. The van der Waals surface area contributed by atoms with Crippen LogP contribution in [0.1, 0.15) is 67.0 Å². The molecule has 0 nitrogen and oxygen atoms in total. The van der Waals surface area contributed by atoms with Crippen molar-refractivity contribution in [3.05, 3.63) is 161 Å². The first-order chi connectivity index (χ1) is 18.9. The van der Waals surface area contributed by atoms with E-state index in [-0.39, 0.29) is 0 Å². The van der Waals surface area contributed by atoms with Crippen LogP contribution in [0.4, 0.5) is 0 Å². The summed E-state index contributed by atoms with van der Waals surface area (Å²) in [5, 5.41) is 0. The van der Waals surface area contributed by atoms with Gasteiger partial charge in [0.15, 0.2) is 0 Å². The Labute approximate surface area is 237 Å². The monoisotopic (exact) mass is 512 g/mol. The Hall–Kier alpha value is -3.90. The largest absolute Gasteiger partial charge is 0.102 e. The molecule has 0 heteroatoms. The fourth-order valence-corrected chi connectivity index (χ4v) is 5.38. The van der Waals surface area contributed by atoms with Gasteiger partial charge in [0.2, 0.25) is 0 Å². The van der Waals surface area contributed by atoms with E-state index in [9.17, 15) is 0 Å². The van der Waals surface area contributed by atoms with Crippen LogP contribution in [-0.2, 0) is 0 Å². The topological polar surface area (TPSA) is 0 Å². The molecule has 1 aliphatic rings. The first kappa shape index (κ1) is 29.7. The van der Waals surface area contributed by atoms with Crippen molar-refractivity contribution < 1.29 is 0 Å². The summed E-state index contributed by atoms with van der Waals surface area (Å²) in [6.07, 6.45) is 6.57. The Balaban J connectivity index is 0.000000224. The van der Waals surface area contributed by atoms with E-state index in [4.69, 9.17) is 0 Å². The molecule has 200 valence electrons. The number of benzene rings is 4. The van der Waals surface area contributed by atoms with E-state index in [1.54, 1.807) is 0 Å². The summed E-state index contributed by atoms with van der Waals surface area (Å²) in [5.74, 6) is 0.720. The van der Waals surface area contributed by atoms with Crippen molar-refractivity contribution in [2.45, 2.75) is 54.4 Å². The van der Waals surface area contributed by atoms with Gasteiger partial charge in [-0.25, -0.2) is 0 Å². The van der Waals surface area contributed by atoms with Crippen molar-refractivity contribution in [1.82, 2.24) is 0 Å². The van der Waals surface area contributed by atoms with Gasteiger partial charge in [0, 0.05) is 11.8 Å². The Morgan fingerprint density at radius 1 is 0.615 bits per heavy atom. The van der Waals surface area contributed by atoms with Gasteiger partial charge < -0.3 is 0 Å². The highest BCUT2D eigenvalue weighted by atomic mass is 14.3. The van der Waals surface area contributed by atoms with Crippen LogP contribution in [0.15, 0.2) is 127 Å². The van der Waals surface area contributed by atoms with Crippen molar-refractivity contribution in [2.75, 3.05) is 0 Å². The van der Waals surface area contributed by atoms with Gasteiger partial charge in [-0.1, -0.05) is 146 Å². The molecule has 0 bridgehead atoms. The SMILES string of the molecule is C=CC1c2ccccc2C(c2ccccc2C)=C(C)C1/C=C\C.CC.Cc1ccc(-c2cccc(C)c2)cc1. The summed E-state index contributed by atoms with van der Waals surface area (Å²) in [6.45, 7) is 18.9. The van der Waals surface area contributed by atoms with Crippen LogP contribution in [-0.4, -0.2) is 0 Å². The van der Waals surface area contributed by atoms with E-state index in [1.807, 2.05) is 13.8 Å². The number of fused-ring (bicyclic) bond motifs is 1. The summed E-state index contributed by atoms with van der Waals surface area (Å²) >= 11 is 0. The van der Waals surface area contributed by atoms with Gasteiger partial charge in [-0.2, -0.15) is 0 Å². The summed E-state index contributed by atoms with van der Waals surface area (Å²) in [4.78, 5) is 0. The molecule has 0 spiro atoms. The zero-order valence-electron chi connectivity index (χ0n) is 24.8. The fourth-order valence-electron chi connectivity index (χ4n) is 5.38. The van der Waals surface area contributed by atoms with Gasteiger partial charge in [-0.3, -0.25) is 0 Å². The molecule has 0 saturated carbocycles. The van der Waals surface area contributed by atoms with E-state index in [1.165, 1.54) is 55.7 Å². The molecule has 2 unspecified atom stereocenters. The molecular weight excluding hydrogens is 468 g/mol. The first-order valence-electron chi connectivity index (χ1n) is 14.2. The van der Waals surface area contributed by atoms with Gasteiger partial charge in [-0.05, 0) is 73.6 Å². The average molecular weight is 513 g/mol. The molecule has 0 aromatic heterocycles. The maximum Gasteiger partial charge on any atom is 0.0122 e. The first-order valence-corrected chi connectivity index (χ1v) is 14.2. The predicted molar refractivity (Wildman–Crippen MR) is 173 cm³/mol. The van der Waals surface area contributed by atoms with Crippen LogP contribution in [0, 0.1) is 26.7 Å². The Kier molecular flexibility index (Phi) is 10.9. The van der Waals surface area contributed by atoms with Crippen LogP contribution in [0.25, 0.3) is 16.7 Å². The molecule has 0 N–H and O–H groups in total. The third-order valence-electron chi connectivity index (χ3n) is 7.34. The normalized spacial score (nSPS) is 16.0. The van der Waals surface area contributed by atoms with Crippen LogP contribution in [0.3, 0.4) is 0 Å². The molecule has 1 aliphatic carbocycles. The third-order valence-corrected chi connectivity index (χ3v) is 7.34. The van der Waals surface area contributed by atoms with E-state index in [2.05, 4.69) is 156 Å². The molecule has 0 amide bonds. The summed E-state index contributed by atoms with van der Waals surface area (Å²) in [6, 6.07) is 34.7. The quantitative estimate of drug-likeness (QED) is 0.238. The zero-order chi connectivity index (χ0) is 28.4. The van der Waals surface area contributed by atoms with E-state index >= 15 is 0 Å². The van der Waals surface area contributed by atoms with Crippen LogP contribution < -0.4 is 0 Å². The third kappa shape index (κ3) is 6.95. The summed E-state index contributed by atoms with van der Waals surface area (Å²) in [7, 11) is 0. The second-order valence-electron chi connectivity index (χ2n) is 10.0. The van der Waals surface area contributed by atoms with Crippen LogP contribution in [0.2, 0.25) is 0 Å². The smallest absolute Gasteiger partial charge is 0.0122 e. The summed E-state index contributed by atoms with van der Waals surface area (Å²) in [5.41, 5.74) is 13.4. The highest BCUT2D eigenvalue weighted by Gasteiger charge is 2.30. The number of aryl methyl sites for hydroxylation is 3. The highest BCUT2D eigenvalue weighted by Crippen LogP contribution is 2.46. The van der Waals surface area contributed by atoms with Crippen molar-refractivity contribution in [1.29, 1.82) is 0 Å². The van der Waals surface area contributed by atoms with Crippen molar-refractivity contribution in [3.63, 3.8) is 0 Å². The molecule has 0 fully saturated rings. The van der Waals surface area contributed by atoms with Gasteiger partial charge >= 0.3 is 0 Å². The lowest BCUT2D eigenvalue weighted by atomic mass is 9.70. The Morgan fingerprint density at radius 3 is 1.87 bits per heavy atom. The van der Waals surface area contributed by atoms with Crippen LogP contribution >= 0.6 is 0 Å². The van der Waals surface area contributed by atoms with E-state index in [0.717, 1.165) is 0 Å². The summed E-state index contributed by atoms with van der Waals surface area (Å²) < 4.78 is 0. The molecule has 5 rings (SSSR count). The van der Waals surface area contributed by atoms with E-state index < -0.39 is 0 Å². The molecule has 39 heavy (non-hydrogen) atoms. The molecule has 0 radical (unpaired) electrons. The second kappa shape index (κ2) is 14.3. The molecule has 0 aliphatic heterocycles. The average Bonchev–Trinajstić information content (AvgIpc) is 2.96. The van der Waals surface area contributed by atoms with Gasteiger partial charge in [0.1, 0.15) is 0 Å². The van der Waals surface area contributed by atoms with E-state index in [0.29, 0.717) is 11.8 Å². The zero-order valence-corrected chi connectivity index (χ0v) is 24.8. The molecule has 2 atom stereocenters. The maximum atomic E-state index is 4.11. The molecule has 4 aromatic rings. The standard InChI is InChI=1S/C23H24.C14H14.C2H6/c1-5-11-20-17(4)23(19-13-8-7-12-16(19)3)22-15-10-9-14-21(22)18(20)6-2;1-11-6-8-13(9-7-11)14-5-3-4-12(2)10-14;1-2/h5-15,18,20H,2H2,1,3-4H3;3-10H,1-2H3;1-2H3/b11-5-;;. The number of allylic oxidation sites excluding steroid dienone is 4. The Bertz CT molecular complexity index is 1430. The number of rotatable bonds is 4. The van der Waals surface area contributed by atoms with Gasteiger partial charge in [0.05, 0.1) is 0 Å². The minimum absolute atomic E-state index is 0.343. The molecule has 4 aromatic carbocycles. The number of hydrogen-bond donors (Lipinski definition) is 0. The molecule has 0 saturated heterocycles. The molecule has 0 heterocycles. The Morgan fingerprint density at radius 2 is 1.26 bits per heavy atom. The second-order valence-corrected chi connectivity index (χ2v) is 10.0. The van der Waals surface area contributed by atoms with Crippen LogP contribution in [0.5, 0.6) is 0 Å². The highest BCUT2D eigenvalue weighted by molar-refractivity contribution is 5.87. The lowest BCUT2D eigenvalue weighted by Crippen LogP contribution is -2.19. The fraction of sp³-hybridized carbons (Fsp3) is 0.231. The van der Waals surface area contributed by atoms with Crippen molar-refractivity contribution >= 4 is 5.57 Å². The molecular formula is C39H44. The lowest BCUT2D eigenvalue weighted by Gasteiger charge is -2.34. The van der Waals surface area contributed by atoms with Crippen molar-refractivity contribution in [2.24, 2.45) is 5.92 Å². The van der Waals surface area contributed by atoms with Crippen molar-refractivity contribution in [3.8, 4) is 11.1 Å². The van der Waals surface area contributed by atoms with Gasteiger partial charge in [-0.15, -0.1) is 6.58 Å². The lowest BCUT2D eigenvalue weighted by molar-refractivity contribution is 0.658. The predicted octanol–water partition coefficient (Wildman–Crippen LogP) is 11.3. The van der Waals surface area contributed by atoms with Gasteiger partial charge in [0.25, 0.3) is 0 Å². The maximum absolute atomic E-state index is 4.11. The number of hydrogen-bond acceptors (Lipinski definition) is 0.